The van der Waals surface area contributed by atoms with Crippen LogP contribution in [0.4, 0.5) is 5.69 Å². The lowest BCUT2D eigenvalue weighted by Crippen LogP contribution is -2.44. The Kier molecular flexibility index (Phi) is 4.14. The zero-order valence-corrected chi connectivity index (χ0v) is 12.3. The largest absolute Gasteiger partial charge is 0.496 e. The summed E-state index contributed by atoms with van der Waals surface area (Å²) in [5, 5.41) is 6.09. The first-order chi connectivity index (χ1) is 10.8. The van der Waals surface area contributed by atoms with Crippen molar-refractivity contribution < 1.29 is 14.3 Å². The van der Waals surface area contributed by atoms with Crippen molar-refractivity contribution in [3.05, 3.63) is 54.1 Å². The van der Waals surface area contributed by atoms with Gasteiger partial charge in [-0.05, 0) is 18.2 Å². The Balaban J connectivity index is 1.61. The van der Waals surface area contributed by atoms with Gasteiger partial charge in [-0.2, -0.15) is 0 Å². The van der Waals surface area contributed by atoms with Crippen LogP contribution in [0.2, 0.25) is 0 Å². The lowest BCUT2D eigenvalue weighted by molar-refractivity contribution is -0.127. The average Bonchev–Trinajstić information content (AvgIpc) is 2.59. The summed E-state index contributed by atoms with van der Waals surface area (Å²) in [7, 11) is 1.62. The molecule has 1 unspecified atom stereocenters. The van der Waals surface area contributed by atoms with Crippen LogP contribution in [0.3, 0.4) is 0 Å². The minimum atomic E-state index is -0.537. The van der Waals surface area contributed by atoms with Crippen molar-refractivity contribution in [2.24, 2.45) is 0 Å². The van der Waals surface area contributed by atoms with Crippen LogP contribution in [-0.2, 0) is 11.3 Å². The number of carbonyl (C=O) groups is 1. The number of para-hydroxylation sites is 3. The maximum atomic E-state index is 12.3. The Morgan fingerprint density at radius 2 is 2.05 bits per heavy atom. The van der Waals surface area contributed by atoms with Gasteiger partial charge in [-0.15, -0.1) is 0 Å². The van der Waals surface area contributed by atoms with E-state index in [9.17, 15) is 4.79 Å². The van der Waals surface area contributed by atoms with Gasteiger partial charge in [-0.25, -0.2) is 0 Å². The Bertz CT molecular complexity index is 672. The van der Waals surface area contributed by atoms with Crippen LogP contribution in [0, 0.1) is 0 Å². The number of ether oxygens (including phenoxy) is 2. The van der Waals surface area contributed by atoms with Crippen LogP contribution in [-0.4, -0.2) is 25.7 Å². The predicted molar refractivity (Wildman–Crippen MR) is 84.2 cm³/mol. The summed E-state index contributed by atoms with van der Waals surface area (Å²) in [5.41, 5.74) is 1.85. The zero-order valence-electron chi connectivity index (χ0n) is 12.3. The summed E-state index contributed by atoms with van der Waals surface area (Å²) in [6.07, 6.45) is -0.537. The Morgan fingerprint density at radius 3 is 2.91 bits per heavy atom. The molecule has 1 aliphatic rings. The second-order valence-corrected chi connectivity index (χ2v) is 5.01. The first kappa shape index (κ1) is 14.3. The van der Waals surface area contributed by atoms with Crippen molar-refractivity contribution in [3.8, 4) is 11.5 Å². The molecule has 0 aliphatic carbocycles. The summed E-state index contributed by atoms with van der Waals surface area (Å²) in [6.45, 7) is 0.860. The molecule has 1 aliphatic heterocycles. The van der Waals surface area contributed by atoms with Crippen molar-refractivity contribution in [3.63, 3.8) is 0 Å². The third-order valence-corrected chi connectivity index (χ3v) is 3.57. The molecular weight excluding hydrogens is 280 g/mol. The van der Waals surface area contributed by atoms with Gasteiger partial charge in [0.25, 0.3) is 5.91 Å². The van der Waals surface area contributed by atoms with Crippen LogP contribution in [0.25, 0.3) is 0 Å². The summed E-state index contributed by atoms with van der Waals surface area (Å²) < 4.78 is 11.0. The quantitative estimate of drug-likeness (QED) is 0.908. The first-order valence-corrected chi connectivity index (χ1v) is 7.17. The summed E-state index contributed by atoms with van der Waals surface area (Å²) in [5.74, 6) is 1.31. The molecule has 2 aromatic rings. The molecule has 2 aromatic carbocycles. The van der Waals surface area contributed by atoms with Gasteiger partial charge in [-0.3, -0.25) is 4.79 Å². The number of hydrogen-bond acceptors (Lipinski definition) is 4. The molecule has 5 heteroatoms. The number of anilines is 1. The highest BCUT2D eigenvalue weighted by Crippen LogP contribution is 2.28. The van der Waals surface area contributed by atoms with E-state index < -0.39 is 6.10 Å². The molecule has 1 heterocycles. The van der Waals surface area contributed by atoms with Crippen LogP contribution in [0.15, 0.2) is 48.5 Å². The molecular formula is C17H18N2O3. The predicted octanol–water partition coefficient (Wildman–Crippen LogP) is 2.18. The van der Waals surface area contributed by atoms with Gasteiger partial charge in [0.2, 0.25) is 0 Å². The number of carbonyl (C=O) groups excluding carboxylic acids is 1. The zero-order chi connectivity index (χ0) is 15.4. The highest BCUT2D eigenvalue weighted by Gasteiger charge is 2.25. The number of methoxy groups -OCH3 is 1. The molecule has 5 nitrogen and oxygen atoms in total. The molecule has 0 saturated heterocycles. The summed E-state index contributed by atoms with van der Waals surface area (Å²) in [6, 6.07) is 15.2. The maximum absolute atomic E-state index is 12.3. The number of amides is 1. The van der Waals surface area contributed by atoms with Crippen LogP contribution in [0.1, 0.15) is 5.56 Å². The van der Waals surface area contributed by atoms with Crippen molar-refractivity contribution in [2.45, 2.75) is 12.6 Å². The standard InChI is InChI=1S/C17H18N2O3/c1-21-14-8-4-2-6-12(14)10-19-17(20)16-11-18-13-7-3-5-9-15(13)22-16/h2-9,16,18H,10-11H2,1H3,(H,19,20). The van der Waals surface area contributed by atoms with E-state index >= 15 is 0 Å². The molecule has 0 saturated carbocycles. The fourth-order valence-corrected chi connectivity index (χ4v) is 2.40. The van der Waals surface area contributed by atoms with Crippen molar-refractivity contribution in [1.82, 2.24) is 5.32 Å². The van der Waals surface area contributed by atoms with Gasteiger partial charge in [0.1, 0.15) is 11.5 Å². The highest BCUT2D eigenvalue weighted by molar-refractivity contribution is 5.83. The van der Waals surface area contributed by atoms with E-state index in [0.29, 0.717) is 18.8 Å². The molecule has 0 radical (unpaired) electrons. The van der Waals surface area contributed by atoms with E-state index in [1.54, 1.807) is 7.11 Å². The molecule has 1 atom stereocenters. The normalized spacial score (nSPS) is 16.0. The highest BCUT2D eigenvalue weighted by atomic mass is 16.5. The fraction of sp³-hybridized carbons (Fsp3) is 0.235. The van der Waals surface area contributed by atoms with E-state index in [2.05, 4.69) is 10.6 Å². The minimum Gasteiger partial charge on any atom is -0.496 e. The SMILES string of the molecule is COc1ccccc1CNC(=O)C1CNc2ccccc2O1. The third kappa shape index (κ3) is 2.98. The number of benzene rings is 2. The number of fused-ring (bicyclic) bond motifs is 1. The number of rotatable bonds is 4. The topological polar surface area (TPSA) is 59.6 Å². The fourth-order valence-electron chi connectivity index (χ4n) is 2.40. The van der Waals surface area contributed by atoms with Crippen LogP contribution in [0.5, 0.6) is 11.5 Å². The Morgan fingerprint density at radius 1 is 1.27 bits per heavy atom. The van der Waals surface area contributed by atoms with Gasteiger partial charge >= 0.3 is 0 Å². The number of hydrogen-bond donors (Lipinski definition) is 2. The van der Waals surface area contributed by atoms with Crippen molar-refractivity contribution in [1.29, 1.82) is 0 Å². The molecule has 0 spiro atoms. The molecule has 3 rings (SSSR count). The van der Waals surface area contributed by atoms with Gasteiger partial charge in [-0.1, -0.05) is 30.3 Å². The van der Waals surface area contributed by atoms with E-state index in [4.69, 9.17) is 9.47 Å². The van der Waals surface area contributed by atoms with Gasteiger partial charge in [0.15, 0.2) is 6.10 Å². The van der Waals surface area contributed by atoms with Crippen LogP contribution < -0.4 is 20.1 Å². The Labute approximate surface area is 129 Å². The van der Waals surface area contributed by atoms with Crippen molar-refractivity contribution in [2.75, 3.05) is 19.0 Å². The third-order valence-electron chi connectivity index (χ3n) is 3.57. The van der Waals surface area contributed by atoms with E-state index in [-0.39, 0.29) is 5.91 Å². The van der Waals surface area contributed by atoms with Gasteiger partial charge in [0, 0.05) is 12.1 Å². The second-order valence-electron chi connectivity index (χ2n) is 5.01. The smallest absolute Gasteiger partial charge is 0.263 e. The number of nitrogens with one attached hydrogen (secondary N) is 2. The second kappa shape index (κ2) is 6.39. The molecule has 1 amide bonds. The summed E-state index contributed by atoms with van der Waals surface area (Å²) >= 11 is 0. The summed E-state index contributed by atoms with van der Waals surface area (Å²) in [4.78, 5) is 12.3. The average molecular weight is 298 g/mol. The monoisotopic (exact) mass is 298 g/mol. The lowest BCUT2D eigenvalue weighted by atomic mass is 10.2. The molecule has 0 bridgehead atoms. The van der Waals surface area contributed by atoms with E-state index in [1.807, 2.05) is 48.5 Å². The maximum Gasteiger partial charge on any atom is 0.263 e. The molecule has 2 N–H and O–H groups in total. The molecule has 0 aromatic heterocycles. The molecule has 114 valence electrons. The Hall–Kier alpha value is -2.69. The van der Waals surface area contributed by atoms with Gasteiger partial charge in [0.05, 0.1) is 19.3 Å². The first-order valence-electron chi connectivity index (χ1n) is 7.17. The van der Waals surface area contributed by atoms with Crippen LogP contribution >= 0.6 is 0 Å². The van der Waals surface area contributed by atoms with E-state index in [1.165, 1.54) is 0 Å². The lowest BCUT2D eigenvalue weighted by Gasteiger charge is -2.26. The van der Waals surface area contributed by atoms with Crippen molar-refractivity contribution >= 4 is 11.6 Å². The van der Waals surface area contributed by atoms with Gasteiger partial charge < -0.3 is 20.1 Å². The molecule has 22 heavy (non-hydrogen) atoms. The van der Waals surface area contributed by atoms with E-state index in [0.717, 1.165) is 17.0 Å². The minimum absolute atomic E-state index is 0.145. The molecule has 0 fully saturated rings.